The molecule has 5 heteroatoms. The monoisotopic (exact) mass is 274 g/mol. The van der Waals surface area contributed by atoms with Crippen molar-refractivity contribution < 1.29 is 8.78 Å². The van der Waals surface area contributed by atoms with Crippen molar-refractivity contribution in [3.63, 3.8) is 0 Å². The SMILES string of the molecule is CC[C@@H](c1c(F)ccc(F)c1Cl)N1CCNCC1. The minimum absolute atomic E-state index is 0.0830. The summed E-state index contributed by atoms with van der Waals surface area (Å²) in [7, 11) is 0. The van der Waals surface area contributed by atoms with Crippen LogP contribution in [0.5, 0.6) is 0 Å². The Labute approximate surface area is 111 Å². The first kappa shape index (κ1) is 13.7. The number of hydrogen-bond acceptors (Lipinski definition) is 2. The van der Waals surface area contributed by atoms with Crippen molar-refractivity contribution in [2.75, 3.05) is 26.2 Å². The Balaban J connectivity index is 2.34. The molecule has 1 fully saturated rings. The standard InChI is InChI=1S/C13H17ClF2N2/c1-2-11(18-7-5-17-6-8-18)12-9(15)3-4-10(16)13(12)14/h3-4,11,17H,2,5-8H2,1H3/t11-/m0/s1. The summed E-state index contributed by atoms with van der Waals surface area (Å²) >= 11 is 5.93. The molecule has 1 aliphatic rings. The van der Waals surface area contributed by atoms with Crippen molar-refractivity contribution in [2.24, 2.45) is 0 Å². The molecule has 1 aliphatic heterocycles. The predicted octanol–water partition coefficient (Wildman–Crippen LogP) is 2.97. The van der Waals surface area contributed by atoms with Gasteiger partial charge in [0.1, 0.15) is 11.6 Å². The van der Waals surface area contributed by atoms with Crippen LogP contribution in [0.4, 0.5) is 8.78 Å². The van der Waals surface area contributed by atoms with Gasteiger partial charge < -0.3 is 5.32 Å². The average Bonchev–Trinajstić information content (AvgIpc) is 2.40. The fourth-order valence-electron chi connectivity index (χ4n) is 2.49. The van der Waals surface area contributed by atoms with Gasteiger partial charge in [-0.15, -0.1) is 0 Å². The van der Waals surface area contributed by atoms with Gasteiger partial charge in [0.25, 0.3) is 0 Å². The van der Waals surface area contributed by atoms with E-state index in [0.717, 1.165) is 38.3 Å². The van der Waals surface area contributed by atoms with Gasteiger partial charge in [-0.05, 0) is 18.6 Å². The van der Waals surface area contributed by atoms with Crippen LogP contribution in [0.25, 0.3) is 0 Å². The molecular weight excluding hydrogens is 258 g/mol. The molecule has 1 aromatic rings. The van der Waals surface area contributed by atoms with E-state index in [9.17, 15) is 8.78 Å². The summed E-state index contributed by atoms with van der Waals surface area (Å²) in [5.41, 5.74) is 0.293. The smallest absolute Gasteiger partial charge is 0.142 e. The fourth-order valence-corrected chi connectivity index (χ4v) is 2.77. The van der Waals surface area contributed by atoms with Gasteiger partial charge in [0.15, 0.2) is 0 Å². The molecule has 18 heavy (non-hydrogen) atoms. The van der Waals surface area contributed by atoms with Crippen molar-refractivity contribution >= 4 is 11.6 Å². The molecule has 0 amide bonds. The van der Waals surface area contributed by atoms with E-state index in [2.05, 4.69) is 10.2 Å². The summed E-state index contributed by atoms with van der Waals surface area (Å²) in [5.74, 6) is -0.978. The molecule has 0 unspecified atom stereocenters. The Hall–Kier alpha value is -0.710. The molecule has 0 saturated carbocycles. The lowest BCUT2D eigenvalue weighted by atomic mass is 10.0. The molecule has 100 valence electrons. The zero-order valence-corrected chi connectivity index (χ0v) is 11.1. The lowest BCUT2D eigenvalue weighted by Crippen LogP contribution is -2.45. The van der Waals surface area contributed by atoms with Crippen molar-refractivity contribution in [1.29, 1.82) is 0 Å². The van der Waals surface area contributed by atoms with Gasteiger partial charge in [-0.3, -0.25) is 4.90 Å². The van der Waals surface area contributed by atoms with Crippen LogP contribution in [-0.2, 0) is 0 Å². The molecule has 2 nitrogen and oxygen atoms in total. The zero-order chi connectivity index (χ0) is 13.1. The highest BCUT2D eigenvalue weighted by Gasteiger charge is 2.26. The van der Waals surface area contributed by atoms with Crippen molar-refractivity contribution in [1.82, 2.24) is 10.2 Å². The molecular formula is C13H17ClF2N2. The highest BCUT2D eigenvalue weighted by atomic mass is 35.5. The van der Waals surface area contributed by atoms with E-state index in [0.29, 0.717) is 12.0 Å². The number of nitrogens with one attached hydrogen (secondary N) is 1. The van der Waals surface area contributed by atoms with Crippen LogP contribution in [0, 0.1) is 11.6 Å². The third-order valence-corrected chi connectivity index (χ3v) is 3.78. The topological polar surface area (TPSA) is 15.3 Å². The molecule has 0 radical (unpaired) electrons. The molecule has 1 atom stereocenters. The Morgan fingerprint density at radius 3 is 2.50 bits per heavy atom. The van der Waals surface area contributed by atoms with E-state index in [4.69, 9.17) is 11.6 Å². The first-order valence-corrected chi connectivity index (χ1v) is 6.61. The molecule has 1 N–H and O–H groups in total. The third kappa shape index (κ3) is 2.66. The van der Waals surface area contributed by atoms with E-state index < -0.39 is 11.6 Å². The Morgan fingerprint density at radius 2 is 1.89 bits per heavy atom. The maximum Gasteiger partial charge on any atom is 0.142 e. The van der Waals surface area contributed by atoms with Crippen LogP contribution in [0.1, 0.15) is 24.9 Å². The summed E-state index contributed by atoms with van der Waals surface area (Å²) < 4.78 is 27.4. The number of rotatable bonds is 3. The van der Waals surface area contributed by atoms with Crippen LogP contribution in [0.15, 0.2) is 12.1 Å². The number of hydrogen-bond donors (Lipinski definition) is 1. The first-order chi connectivity index (χ1) is 8.65. The van der Waals surface area contributed by atoms with Crippen molar-refractivity contribution in [3.8, 4) is 0 Å². The summed E-state index contributed by atoms with van der Waals surface area (Å²) in [6, 6.07) is 2.07. The Kier molecular flexibility index (Phi) is 4.54. The minimum atomic E-state index is -0.554. The normalized spacial score (nSPS) is 18.9. The molecule has 2 rings (SSSR count). The number of piperazine rings is 1. The second-order valence-electron chi connectivity index (χ2n) is 4.47. The number of nitrogens with zero attached hydrogens (tertiary/aromatic N) is 1. The zero-order valence-electron chi connectivity index (χ0n) is 10.3. The quantitative estimate of drug-likeness (QED) is 0.853. The van der Waals surface area contributed by atoms with Crippen LogP contribution in [0.3, 0.4) is 0 Å². The van der Waals surface area contributed by atoms with E-state index in [-0.39, 0.29) is 11.1 Å². The van der Waals surface area contributed by atoms with Gasteiger partial charge >= 0.3 is 0 Å². The minimum Gasteiger partial charge on any atom is -0.314 e. The van der Waals surface area contributed by atoms with Crippen LogP contribution in [-0.4, -0.2) is 31.1 Å². The van der Waals surface area contributed by atoms with Gasteiger partial charge in [-0.1, -0.05) is 18.5 Å². The largest absolute Gasteiger partial charge is 0.314 e. The lowest BCUT2D eigenvalue weighted by Gasteiger charge is -2.35. The fraction of sp³-hybridized carbons (Fsp3) is 0.538. The Bertz CT molecular complexity index is 420. The van der Waals surface area contributed by atoms with Gasteiger partial charge in [0, 0.05) is 37.8 Å². The van der Waals surface area contributed by atoms with Gasteiger partial charge in [-0.25, -0.2) is 8.78 Å². The molecule has 0 aliphatic carbocycles. The molecule has 1 heterocycles. The van der Waals surface area contributed by atoms with E-state index >= 15 is 0 Å². The second-order valence-corrected chi connectivity index (χ2v) is 4.84. The van der Waals surface area contributed by atoms with Crippen LogP contribution >= 0.6 is 11.6 Å². The third-order valence-electron chi connectivity index (χ3n) is 3.39. The first-order valence-electron chi connectivity index (χ1n) is 6.23. The summed E-state index contributed by atoms with van der Waals surface area (Å²) in [5, 5.41) is 3.16. The average molecular weight is 275 g/mol. The molecule has 0 bridgehead atoms. The number of benzene rings is 1. The van der Waals surface area contributed by atoms with Crippen LogP contribution in [0.2, 0.25) is 5.02 Å². The van der Waals surface area contributed by atoms with E-state index in [1.54, 1.807) is 0 Å². The van der Waals surface area contributed by atoms with Gasteiger partial charge in [0.05, 0.1) is 5.02 Å². The van der Waals surface area contributed by atoms with Crippen molar-refractivity contribution in [3.05, 3.63) is 34.4 Å². The highest BCUT2D eigenvalue weighted by Crippen LogP contribution is 2.34. The highest BCUT2D eigenvalue weighted by molar-refractivity contribution is 6.31. The summed E-state index contributed by atoms with van der Waals surface area (Å²) in [4.78, 5) is 2.15. The second kappa shape index (κ2) is 5.95. The molecule has 1 saturated heterocycles. The van der Waals surface area contributed by atoms with Gasteiger partial charge in [-0.2, -0.15) is 0 Å². The molecule has 0 aromatic heterocycles. The van der Waals surface area contributed by atoms with Crippen molar-refractivity contribution in [2.45, 2.75) is 19.4 Å². The van der Waals surface area contributed by atoms with Gasteiger partial charge in [0.2, 0.25) is 0 Å². The maximum absolute atomic E-state index is 13.9. The van der Waals surface area contributed by atoms with E-state index in [1.165, 1.54) is 0 Å². The maximum atomic E-state index is 13.9. The summed E-state index contributed by atoms with van der Waals surface area (Å²) in [6.07, 6.45) is 0.708. The van der Waals surface area contributed by atoms with E-state index in [1.807, 2.05) is 6.92 Å². The molecule has 1 aromatic carbocycles. The summed E-state index contributed by atoms with van der Waals surface area (Å²) in [6.45, 7) is 5.35. The van der Waals surface area contributed by atoms with Crippen LogP contribution < -0.4 is 5.32 Å². The number of halogens is 3. The Morgan fingerprint density at radius 1 is 1.28 bits per heavy atom. The lowest BCUT2D eigenvalue weighted by molar-refractivity contribution is 0.166. The predicted molar refractivity (Wildman–Crippen MR) is 68.8 cm³/mol. The molecule has 0 spiro atoms.